The summed E-state index contributed by atoms with van der Waals surface area (Å²) < 4.78 is 31.6. The van der Waals surface area contributed by atoms with Crippen LogP contribution in [0.5, 0.6) is 0 Å². The van der Waals surface area contributed by atoms with Crippen molar-refractivity contribution in [3.05, 3.63) is 0 Å². The minimum Gasteiger partial charge on any atom is -0.481 e. The normalized spacial score (nSPS) is 12.7. The van der Waals surface area contributed by atoms with Crippen LogP contribution in [0.4, 0.5) is 0 Å². The molecule has 74 valence electrons. The number of aliphatic carboxylic acids is 1. The Labute approximate surface area is 69.8 Å². The van der Waals surface area contributed by atoms with Gasteiger partial charge in [-0.2, -0.15) is 8.42 Å². The van der Waals surface area contributed by atoms with Gasteiger partial charge in [-0.25, -0.2) is 0 Å². The fourth-order valence-electron chi connectivity index (χ4n) is 0.275. The van der Waals surface area contributed by atoms with Crippen molar-refractivity contribution >= 4 is 16.4 Å². The number of nitrogens with two attached hydrogens (primary N) is 1. The molecule has 0 aromatic rings. The van der Waals surface area contributed by atoms with Gasteiger partial charge in [-0.05, 0) is 6.92 Å². The highest BCUT2D eigenvalue weighted by atomic mass is 32.3. The van der Waals surface area contributed by atoms with Gasteiger partial charge in [-0.15, -0.1) is 0 Å². The van der Waals surface area contributed by atoms with Gasteiger partial charge in [-0.3, -0.25) is 13.9 Å². The Morgan fingerprint density at radius 2 is 1.75 bits per heavy atom. The van der Waals surface area contributed by atoms with Crippen LogP contribution in [-0.2, 0) is 15.2 Å². The molecule has 0 saturated carbocycles. The smallest absolute Gasteiger partial charge is 0.394 e. The fraction of sp³-hybridized carbons (Fsp3) is 0.750. The molecule has 0 radical (unpaired) electrons. The quantitative estimate of drug-likeness (QED) is 0.427. The lowest BCUT2D eigenvalue weighted by molar-refractivity contribution is -0.137. The van der Waals surface area contributed by atoms with Gasteiger partial charge in [0.2, 0.25) is 0 Å². The molecule has 1 atom stereocenters. The third kappa shape index (κ3) is 58.8. The standard InChI is InChI=1S/C4H9NO2.H2O4S/c1-3(5)2-4(6)7;1-5(2,3)4/h3H,2,5H2,1H3,(H,6,7);(H2,1,2,3,4). The average molecular weight is 201 g/mol. The molecular weight excluding hydrogens is 190 g/mol. The molecule has 0 aliphatic rings. The highest BCUT2D eigenvalue weighted by Gasteiger charge is 1.98. The van der Waals surface area contributed by atoms with E-state index in [1.807, 2.05) is 0 Å². The number of hydrogen-bond acceptors (Lipinski definition) is 4. The van der Waals surface area contributed by atoms with Gasteiger partial charge in [-0.1, -0.05) is 0 Å². The van der Waals surface area contributed by atoms with Gasteiger partial charge in [0.05, 0.1) is 6.42 Å². The number of carbonyl (C=O) groups is 1. The minimum absolute atomic E-state index is 0.0556. The van der Waals surface area contributed by atoms with E-state index in [2.05, 4.69) is 0 Å². The van der Waals surface area contributed by atoms with E-state index in [4.69, 9.17) is 28.4 Å². The Hall–Kier alpha value is -0.700. The lowest BCUT2D eigenvalue weighted by Crippen LogP contribution is -2.18. The van der Waals surface area contributed by atoms with Gasteiger partial charge < -0.3 is 10.8 Å². The first-order valence-electron chi connectivity index (χ1n) is 2.80. The van der Waals surface area contributed by atoms with Crippen molar-refractivity contribution in [1.29, 1.82) is 0 Å². The lowest BCUT2D eigenvalue weighted by Gasteiger charge is -1.95. The molecule has 0 amide bonds. The van der Waals surface area contributed by atoms with Crippen LogP contribution in [0.15, 0.2) is 0 Å². The highest BCUT2D eigenvalue weighted by molar-refractivity contribution is 7.79. The summed E-state index contributed by atoms with van der Waals surface area (Å²) in [5, 5.41) is 8.00. The Bertz CT molecular complexity index is 212. The van der Waals surface area contributed by atoms with E-state index in [1.54, 1.807) is 6.92 Å². The molecule has 12 heavy (non-hydrogen) atoms. The second-order valence-corrected chi connectivity index (χ2v) is 2.92. The zero-order valence-corrected chi connectivity index (χ0v) is 7.15. The van der Waals surface area contributed by atoms with E-state index < -0.39 is 16.4 Å². The van der Waals surface area contributed by atoms with Crippen molar-refractivity contribution in [2.75, 3.05) is 0 Å². The van der Waals surface area contributed by atoms with Crippen LogP contribution in [0.2, 0.25) is 0 Å². The monoisotopic (exact) mass is 201 g/mol. The molecule has 7 nitrogen and oxygen atoms in total. The summed E-state index contributed by atoms with van der Waals surface area (Å²) in [6.07, 6.45) is 0.0556. The minimum atomic E-state index is -4.67. The largest absolute Gasteiger partial charge is 0.481 e. The van der Waals surface area contributed by atoms with Gasteiger partial charge >= 0.3 is 16.4 Å². The Kier molecular flexibility index (Phi) is 6.80. The predicted molar refractivity (Wildman–Crippen MR) is 40.1 cm³/mol. The van der Waals surface area contributed by atoms with Gasteiger partial charge in [0.15, 0.2) is 0 Å². The molecule has 0 aromatic heterocycles. The van der Waals surface area contributed by atoms with E-state index in [1.165, 1.54) is 0 Å². The second-order valence-electron chi connectivity index (χ2n) is 2.02. The van der Waals surface area contributed by atoms with Crippen LogP contribution in [0, 0.1) is 0 Å². The Balaban J connectivity index is 0. The number of hydrogen-bond donors (Lipinski definition) is 4. The van der Waals surface area contributed by atoms with E-state index in [0.29, 0.717) is 0 Å². The molecule has 5 N–H and O–H groups in total. The third-order valence-corrected chi connectivity index (χ3v) is 0.497. The van der Waals surface area contributed by atoms with Crippen molar-refractivity contribution in [3.63, 3.8) is 0 Å². The fourth-order valence-corrected chi connectivity index (χ4v) is 0.275. The molecule has 0 fully saturated rings. The number of rotatable bonds is 2. The molecule has 0 rings (SSSR count). The Morgan fingerprint density at radius 1 is 1.50 bits per heavy atom. The average Bonchev–Trinajstić information content (AvgIpc) is 1.52. The molecule has 0 saturated heterocycles. The van der Waals surface area contributed by atoms with E-state index >= 15 is 0 Å². The zero-order valence-electron chi connectivity index (χ0n) is 6.34. The number of carboxylic acids is 1. The summed E-state index contributed by atoms with van der Waals surface area (Å²) >= 11 is 0. The summed E-state index contributed by atoms with van der Waals surface area (Å²) in [6.45, 7) is 1.66. The summed E-state index contributed by atoms with van der Waals surface area (Å²) in [7, 11) is -4.67. The SMILES string of the molecule is CC(N)CC(=O)O.O=S(=O)(O)O. The predicted octanol–water partition coefficient (Wildman–Crippen LogP) is -0.844. The molecule has 0 aliphatic carbocycles. The first-order valence-corrected chi connectivity index (χ1v) is 4.20. The van der Waals surface area contributed by atoms with Crippen LogP contribution >= 0.6 is 0 Å². The van der Waals surface area contributed by atoms with Crippen molar-refractivity contribution in [2.24, 2.45) is 5.73 Å². The zero-order chi connectivity index (χ0) is 10.4. The first-order chi connectivity index (χ1) is 5.13. The van der Waals surface area contributed by atoms with Crippen LogP contribution in [-0.4, -0.2) is 34.6 Å². The molecule has 1 unspecified atom stereocenters. The molecule has 8 heteroatoms. The first kappa shape index (κ1) is 13.9. The topological polar surface area (TPSA) is 138 Å². The molecule has 0 spiro atoms. The molecule has 0 aliphatic heterocycles. The van der Waals surface area contributed by atoms with Crippen LogP contribution < -0.4 is 5.73 Å². The molecule has 0 heterocycles. The van der Waals surface area contributed by atoms with Crippen molar-refractivity contribution in [3.8, 4) is 0 Å². The number of carboxylic acid groups (broad SMARTS) is 1. The van der Waals surface area contributed by atoms with Crippen molar-refractivity contribution in [2.45, 2.75) is 19.4 Å². The van der Waals surface area contributed by atoms with Crippen molar-refractivity contribution in [1.82, 2.24) is 0 Å². The maximum Gasteiger partial charge on any atom is 0.394 e. The highest BCUT2D eigenvalue weighted by Crippen LogP contribution is 1.82. The maximum absolute atomic E-state index is 9.73. The van der Waals surface area contributed by atoms with E-state index in [-0.39, 0.29) is 12.5 Å². The van der Waals surface area contributed by atoms with Crippen molar-refractivity contribution < 1.29 is 27.4 Å². The molecule has 0 bridgehead atoms. The van der Waals surface area contributed by atoms with E-state index in [9.17, 15) is 4.79 Å². The maximum atomic E-state index is 9.73. The molecular formula is C4H11NO6S. The third-order valence-electron chi connectivity index (χ3n) is 0.497. The summed E-state index contributed by atoms with van der Waals surface area (Å²) in [4.78, 5) is 9.73. The van der Waals surface area contributed by atoms with Gasteiger partial charge in [0.1, 0.15) is 0 Å². The van der Waals surface area contributed by atoms with Crippen LogP contribution in [0.3, 0.4) is 0 Å². The van der Waals surface area contributed by atoms with E-state index in [0.717, 1.165) is 0 Å². The van der Waals surface area contributed by atoms with Gasteiger partial charge in [0.25, 0.3) is 0 Å². The van der Waals surface area contributed by atoms with Crippen LogP contribution in [0.1, 0.15) is 13.3 Å². The van der Waals surface area contributed by atoms with Gasteiger partial charge in [0, 0.05) is 6.04 Å². The summed E-state index contributed by atoms with van der Waals surface area (Å²) in [5.74, 6) is -0.838. The summed E-state index contributed by atoms with van der Waals surface area (Å²) in [6, 6.07) is -0.225. The lowest BCUT2D eigenvalue weighted by atomic mass is 10.3. The molecule has 0 aromatic carbocycles. The Morgan fingerprint density at radius 3 is 1.75 bits per heavy atom. The van der Waals surface area contributed by atoms with Crippen LogP contribution in [0.25, 0.3) is 0 Å². The second kappa shape index (κ2) is 5.89. The summed E-state index contributed by atoms with van der Waals surface area (Å²) in [5.41, 5.74) is 5.11.